The van der Waals surface area contributed by atoms with Crippen molar-refractivity contribution in [1.82, 2.24) is 47.9 Å². The lowest BCUT2D eigenvalue weighted by Crippen LogP contribution is -2.61. The third-order valence-corrected chi connectivity index (χ3v) is 13.3. The van der Waals surface area contributed by atoms with Crippen molar-refractivity contribution in [2.75, 3.05) is 13.1 Å². The number of nitrogens with one attached hydrogen (secondary N) is 9. The van der Waals surface area contributed by atoms with Crippen LogP contribution in [0, 0.1) is 17.8 Å². The Morgan fingerprint density at radius 2 is 0.793 bits per heavy atom. The van der Waals surface area contributed by atoms with E-state index < -0.39 is 188 Å². The number of carboxylic acids is 4. The standard InChI is InChI=1S/C56H91N13O18/c1-29(2)24-38(65-50(80)35(18-20-42(60)70)62-53(83)40(26-32-14-8-7-9-15-32)68-55(85)46(31(5)6)69-47(77)33(59)27-44(73)74)51(81)61-34(16-10-12-22-57)48(78)67-41(28-45(75)76)54(84)66-39(25-30(3)4)52(82)63-36(19-21-43(71)72)49(79)64-37(56(86)87)17-11-13-23-58/h7-9,14-15,29-31,33-41,46H,10-13,16-28,57-59H2,1-6H3,(H2,60,70)(H,61,81)(H,62,83)(H,63,82)(H,64,79)(H,65,80)(H,66,84)(H,67,78)(H,68,85)(H,69,77)(H,71,72)(H,73,74)(H,75,76)(H,86,87)/t33-,34-,35-,36-,37-,38-,39-,40-,41-,46-/m0/s1. The minimum atomic E-state index is -1.93. The second-order valence-corrected chi connectivity index (χ2v) is 22.3. The second kappa shape index (κ2) is 40.1. The number of aliphatic carboxylic acids is 4. The van der Waals surface area contributed by atoms with Gasteiger partial charge in [-0.1, -0.05) is 71.9 Å². The van der Waals surface area contributed by atoms with Gasteiger partial charge in [0.15, 0.2) is 0 Å². The summed E-state index contributed by atoms with van der Waals surface area (Å²) in [5.41, 5.74) is 23.0. The molecule has 0 aliphatic carbocycles. The molecule has 1 aromatic carbocycles. The van der Waals surface area contributed by atoms with Gasteiger partial charge in [0.2, 0.25) is 59.1 Å². The van der Waals surface area contributed by atoms with Gasteiger partial charge in [0.25, 0.3) is 0 Å². The summed E-state index contributed by atoms with van der Waals surface area (Å²) < 4.78 is 0. The van der Waals surface area contributed by atoms with Crippen LogP contribution in [0.2, 0.25) is 0 Å². The number of primary amides is 1. The average Bonchev–Trinajstić information content (AvgIpc) is 3.18. The molecule has 0 heterocycles. The Bertz CT molecular complexity index is 2500. The number of nitrogens with two attached hydrogens (primary N) is 4. The summed E-state index contributed by atoms with van der Waals surface area (Å²) in [6.07, 6.45) is -3.27. The number of unbranched alkanes of at least 4 members (excludes halogenated alkanes) is 2. The van der Waals surface area contributed by atoms with E-state index in [0.717, 1.165) is 0 Å². The van der Waals surface area contributed by atoms with Crippen molar-refractivity contribution in [2.24, 2.45) is 40.7 Å². The van der Waals surface area contributed by atoms with Crippen LogP contribution in [0.3, 0.4) is 0 Å². The average molecular weight is 1230 g/mol. The normalized spacial score (nSPS) is 14.6. The molecule has 0 radical (unpaired) electrons. The Hall–Kier alpha value is -8.32. The molecule has 87 heavy (non-hydrogen) atoms. The van der Waals surface area contributed by atoms with Gasteiger partial charge in [0.1, 0.15) is 54.4 Å². The van der Waals surface area contributed by atoms with Gasteiger partial charge < -0.3 is 91.2 Å². The molecule has 488 valence electrons. The molecule has 0 aromatic heterocycles. The fourth-order valence-electron chi connectivity index (χ4n) is 8.70. The molecule has 10 atom stereocenters. The molecule has 0 saturated heterocycles. The molecule has 0 saturated carbocycles. The van der Waals surface area contributed by atoms with Gasteiger partial charge in [0.05, 0.1) is 18.9 Å². The van der Waals surface area contributed by atoms with Crippen molar-refractivity contribution >= 4 is 82.9 Å². The predicted molar refractivity (Wildman–Crippen MR) is 312 cm³/mol. The van der Waals surface area contributed by atoms with Crippen molar-refractivity contribution in [3.63, 3.8) is 0 Å². The van der Waals surface area contributed by atoms with E-state index in [2.05, 4.69) is 47.9 Å². The third-order valence-electron chi connectivity index (χ3n) is 13.3. The van der Waals surface area contributed by atoms with E-state index in [1.807, 2.05) is 0 Å². The monoisotopic (exact) mass is 1230 g/mol. The molecule has 0 unspecified atom stereocenters. The molecule has 0 aliphatic rings. The Morgan fingerprint density at radius 1 is 0.414 bits per heavy atom. The van der Waals surface area contributed by atoms with Gasteiger partial charge in [-0.15, -0.1) is 0 Å². The predicted octanol–water partition coefficient (Wildman–Crippen LogP) is -2.91. The Labute approximate surface area is 504 Å². The first-order valence-electron chi connectivity index (χ1n) is 28.9. The van der Waals surface area contributed by atoms with Crippen LogP contribution in [-0.2, 0) is 73.5 Å². The first-order chi connectivity index (χ1) is 40.8. The molecule has 31 nitrogen and oxygen atoms in total. The molecule has 0 aliphatic heterocycles. The topological polar surface area (TPSA) is 532 Å². The second-order valence-electron chi connectivity index (χ2n) is 22.3. The Balaban J connectivity index is 3.64. The largest absolute Gasteiger partial charge is 0.481 e. The van der Waals surface area contributed by atoms with Crippen LogP contribution in [0.5, 0.6) is 0 Å². The zero-order chi connectivity index (χ0) is 66.1. The van der Waals surface area contributed by atoms with Gasteiger partial charge >= 0.3 is 23.9 Å². The highest BCUT2D eigenvalue weighted by Crippen LogP contribution is 2.14. The highest BCUT2D eigenvalue weighted by Gasteiger charge is 2.37. The van der Waals surface area contributed by atoms with Crippen molar-refractivity contribution in [3.8, 4) is 0 Å². The number of carbonyl (C=O) groups is 14. The fourth-order valence-corrected chi connectivity index (χ4v) is 8.70. The van der Waals surface area contributed by atoms with Gasteiger partial charge in [-0.25, -0.2) is 4.79 Å². The number of rotatable bonds is 44. The van der Waals surface area contributed by atoms with Crippen LogP contribution in [0.1, 0.15) is 137 Å². The van der Waals surface area contributed by atoms with E-state index in [1.54, 1.807) is 71.9 Å². The number of hydrogen-bond donors (Lipinski definition) is 17. The summed E-state index contributed by atoms with van der Waals surface area (Å²) in [5.74, 6) is -17.1. The summed E-state index contributed by atoms with van der Waals surface area (Å²) in [6.45, 7) is 10.2. The number of hydrogen-bond acceptors (Lipinski definition) is 17. The minimum Gasteiger partial charge on any atom is -0.481 e. The lowest BCUT2D eigenvalue weighted by molar-refractivity contribution is -0.143. The number of carboxylic acid groups (broad SMARTS) is 4. The highest BCUT2D eigenvalue weighted by molar-refractivity contribution is 5.99. The van der Waals surface area contributed by atoms with E-state index in [1.165, 1.54) is 0 Å². The molecule has 0 bridgehead atoms. The van der Waals surface area contributed by atoms with Gasteiger partial charge in [-0.3, -0.25) is 62.3 Å². The van der Waals surface area contributed by atoms with E-state index in [4.69, 9.17) is 28.0 Å². The third kappa shape index (κ3) is 31.1. The van der Waals surface area contributed by atoms with Crippen molar-refractivity contribution < 1.29 is 87.5 Å². The maximum Gasteiger partial charge on any atom is 0.326 e. The van der Waals surface area contributed by atoms with Crippen LogP contribution >= 0.6 is 0 Å². The molecule has 0 spiro atoms. The summed E-state index contributed by atoms with van der Waals surface area (Å²) in [7, 11) is 0. The van der Waals surface area contributed by atoms with Gasteiger partial charge in [0, 0.05) is 19.3 Å². The molecule has 1 rings (SSSR count). The maximum absolute atomic E-state index is 14.4. The zero-order valence-corrected chi connectivity index (χ0v) is 50.2. The summed E-state index contributed by atoms with van der Waals surface area (Å²) >= 11 is 0. The number of carbonyl (C=O) groups excluding carboxylic acids is 10. The Kier molecular flexibility index (Phi) is 35.4. The lowest BCUT2D eigenvalue weighted by atomic mass is 9.99. The van der Waals surface area contributed by atoms with Gasteiger partial charge in [-0.05, 0) is 101 Å². The van der Waals surface area contributed by atoms with Crippen LogP contribution in [0.15, 0.2) is 30.3 Å². The summed E-state index contributed by atoms with van der Waals surface area (Å²) in [4.78, 5) is 184. The zero-order valence-electron chi connectivity index (χ0n) is 50.2. The lowest BCUT2D eigenvalue weighted by Gasteiger charge is -2.29. The van der Waals surface area contributed by atoms with Crippen LogP contribution in [0.4, 0.5) is 0 Å². The Morgan fingerprint density at radius 3 is 1.21 bits per heavy atom. The van der Waals surface area contributed by atoms with Gasteiger partial charge in [-0.2, -0.15) is 0 Å². The van der Waals surface area contributed by atoms with E-state index >= 15 is 0 Å². The van der Waals surface area contributed by atoms with Crippen LogP contribution < -0.4 is 70.8 Å². The first-order valence-corrected chi connectivity index (χ1v) is 28.9. The molecular formula is C56H91N13O18. The molecule has 10 amide bonds. The summed E-state index contributed by atoms with van der Waals surface area (Å²) in [6, 6.07) is -7.22. The molecule has 0 fully saturated rings. The number of amides is 10. The van der Waals surface area contributed by atoms with E-state index in [-0.39, 0.29) is 63.5 Å². The minimum absolute atomic E-state index is 0.0408. The molecule has 1 aromatic rings. The quantitative estimate of drug-likeness (QED) is 0.0291. The summed E-state index contributed by atoms with van der Waals surface area (Å²) in [5, 5.41) is 60.3. The first kappa shape index (κ1) is 76.7. The highest BCUT2D eigenvalue weighted by atomic mass is 16.4. The number of benzene rings is 1. The van der Waals surface area contributed by atoms with Crippen LogP contribution in [-0.4, -0.2) is 177 Å². The molecule has 31 heteroatoms. The molecular weight excluding hydrogens is 1140 g/mol. The molecule has 21 N–H and O–H groups in total. The van der Waals surface area contributed by atoms with E-state index in [0.29, 0.717) is 24.8 Å². The van der Waals surface area contributed by atoms with Crippen molar-refractivity contribution in [1.29, 1.82) is 0 Å². The smallest absolute Gasteiger partial charge is 0.326 e. The SMILES string of the molecule is CC(C)C[C@H](NC(=O)[C@H](CC(=O)O)NC(=O)[C@H](CCCCN)NC(=O)[C@H](CC(C)C)NC(=O)[C@H](CCC(N)=O)NC(=O)[C@H](Cc1ccccc1)NC(=O)[C@@H](NC(=O)[C@@H](N)CC(=O)O)C(C)C)C(=O)N[C@@H](CCC(=O)O)C(=O)N[C@@H](CCCCN)C(=O)O. The maximum atomic E-state index is 14.4. The fraction of sp³-hybridized carbons (Fsp3) is 0.643. The van der Waals surface area contributed by atoms with E-state index in [9.17, 15) is 82.4 Å². The van der Waals surface area contributed by atoms with Crippen LogP contribution in [0.25, 0.3) is 0 Å². The van der Waals surface area contributed by atoms with Crippen molar-refractivity contribution in [2.45, 2.75) is 198 Å². The van der Waals surface area contributed by atoms with Crippen molar-refractivity contribution in [3.05, 3.63) is 35.9 Å².